The summed E-state index contributed by atoms with van der Waals surface area (Å²) in [7, 11) is 0. The van der Waals surface area contributed by atoms with E-state index in [1.807, 2.05) is 0 Å². The maximum absolute atomic E-state index is 13.1. The molecule has 0 unspecified atom stereocenters. The SMILES string of the molecule is Fc1c(Cl)nc(-c2ccc(C(F)(F)F)cc2)nc1Cl. The lowest BCUT2D eigenvalue weighted by Gasteiger charge is -2.07. The summed E-state index contributed by atoms with van der Waals surface area (Å²) in [5.41, 5.74) is -0.563. The van der Waals surface area contributed by atoms with Crippen molar-refractivity contribution in [1.29, 1.82) is 0 Å². The van der Waals surface area contributed by atoms with Crippen LogP contribution < -0.4 is 0 Å². The lowest BCUT2D eigenvalue weighted by Crippen LogP contribution is -2.04. The first-order valence-electron chi connectivity index (χ1n) is 4.85. The van der Waals surface area contributed by atoms with E-state index in [1.54, 1.807) is 0 Å². The fourth-order valence-corrected chi connectivity index (χ4v) is 1.72. The molecule has 0 aliphatic heterocycles. The summed E-state index contributed by atoms with van der Waals surface area (Å²) in [5, 5.41) is -0.982. The molecular formula is C11H4Cl2F4N2. The van der Waals surface area contributed by atoms with Crippen LogP contribution >= 0.6 is 23.2 Å². The molecule has 0 bridgehead atoms. The number of hydrogen-bond acceptors (Lipinski definition) is 2. The van der Waals surface area contributed by atoms with Gasteiger partial charge in [0.05, 0.1) is 5.56 Å². The van der Waals surface area contributed by atoms with Crippen LogP contribution in [0.5, 0.6) is 0 Å². The predicted octanol–water partition coefficient (Wildman–Crippen LogP) is 4.61. The Morgan fingerprint density at radius 2 is 1.37 bits per heavy atom. The van der Waals surface area contributed by atoms with Crippen molar-refractivity contribution >= 4 is 23.2 Å². The minimum Gasteiger partial charge on any atom is -0.213 e. The van der Waals surface area contributed by atoms with Gasteiger partial charge in [0.25, 0.3) is 0 Å². The maximum Gasteiger partial charge on any atom is 0.416 e. The van der Waals surface area contributed by atoms with Crippen LogP contribution in [-0.4, -0.2) is 9.97 Å². The lowest BCUT2D eigenvalue weighted by atomic mass is 10.1. The highest BCUT2D eigenvalue weighted by Crippen LogP contribution is 2.31. The molecule has 1 aromatic heterocycles. The average molecular weight is 311 g/mol. The molecule has 0 spiro atoms. The van der Waals surface area contributed by atoms with Crippen molar-refractivity contribution in [2.24, 2.45) is 0 Å². The van der Waals surface area contributed by atoms with Crippen molar-refractivity contribution in [2.75, 3.05) is 0 Å². The fraction of sp³-hybridized carbons (Fsp3) is 0.0909. The van der Waals surface area contributed by atoms with Crippen molar-refractivity contribution in [3.8, 4) is 11.4 Å². The summed E-state index contributed by atoms with van der Waals surface area (Å²) >= 11 is 11.0. The second kappa shape index (κ2) is 4.94. The van der Waals surface area contributed by atoms with Crippen molar-refractivity contribution in [2.45, 2.75) is 6.18 Å². The van der Waals surface area contributed by atoms with E-state index in [2.05, 4.69) is 9.97 Å². The van der Waals surface area contributed by atoms with Crippen molar-refractivity contribution in [3.63, 3.8) is 0 Å². The molecule has 2 nitrogen and oxygen atoms in total. The van der Waals surface area contributed by atoms with E-state index >= 15 is 0 Å². The third-order valence-corrected chi connectivity index (χ3v) is 2.74. The first kappa shape index (κ1) is 14.0. The number of rotatable bonds is 1. The van der Waals surface area contributed by atoms with Gasteiger partial charge in [-0.15, -0.1) is 0 Å². The zero-order valence-corrected chi connectivity index (χ0v) is 10.5. The van der Waals surface area contributed by atoms with Gasteiger partial charge >= 0.3 is 6.18 Å². The van der Waals surface area contributed by atoms with Gasteiger partial charge in [0.2, 0.25) is 0 Å². The maximum atomic E-state index is 13.1. The van der Waals surface area contributed by atoms with Crippen molar-refractivity contribution < 1.29 is 17.6 Å². The van der Waals surface area contributed by atoms with Gasteiger partial charge in [-0.25, -0.2) is 14.4 Å². The zero-order chi connectivity index (χ0) is 14.2. The summed E-state index contributed by atoms with van der Waals surface area (Å²) in [6.07, 6.45) is -4.43. The number of nitrogens with zero attached hydrogens (tertiary/aromatic N) is 2. The second-order valence-electron chi connectivity index (χ2n) is 3.52. The molecular weight excluding hydrogens is 307 g/mol. The standard InChI is InChI=1S/C11H4Cl2F4N2/c12-8-7(14)9(13)19-10(18-8)5-1-3-6(4-2-5)11(15,16)17/h1-4H. The molecule has 0 atom stereocenters. The van der Waals surface area contributed by atoms with E-state index in [-0.39, 0.29) is 11.4 Å². The molecule has 0 radical (unpaired) electrons. The first-order chi connectivity index (χ1) is 8.79. The van der Waals surface area contributed by atoms with Gasteiger partial charge in [-0.1, -0.05) is 35.3 Å². The zero-order valence-electron chi connectivity index (χ0n) is 8.97. The Balaban J connectivity index is 2.43. The molecule has 100 valence electrons. The number of aromatic nitrogens is 2. The molecule has 1 aromatic carbocycles. The molecule has 0 saturated heterocycles. The van der Waals surface area contributed by atoms with Crippen LogP contribution in [0.15, 0.2) is 24.3 Å². The van der Waals surface area contributed by atoms with Gasteiger partial charge < -0.3 is 0 Å². The van der Waals surface area contributed by atoms with Crippen LogP contribution in [0, 0.1) is 5.82 Å². The summed E-state index contributed by atoms with van der Waals surface area (Å²) in [6.45, 7) is 0. The van der Waals surface area contributed by atoms with Crippen LogP contribution in [0.25, 0.3) is 11.4 Å². The van der Waals surface area contributed by atoms with Gasteiger partial charge in [-0.05, 0) is 12.1 Å². The third kappa shape index (κ3) is 2.96. The minimum atomic E-state index is -4.43. The van der Waals surface area contributed by atoms with Crippen LogP contribution in [0.2, 0.25) is 10.3 Å². The molecule has 0 amide bonds. The lowest BCUT2D eigenvalue weighted by molar-refractivity contribution is -0.137. The first-order valence-corrected chi connectivity index (χ1v) is 5.61. The molecule has 0 aliphatic carbocycles. The Kier molecular flexibility index (Phi) is 3.64. The quantitative estimate of drug-likeness (QED) is 0.568. The molecule has 2 aromatic rings. The molecule has 8 heteroatoms. The highest BCUT2D eigenvalue weighted by atomic mass is 35.5. The van der Waals surface area contributed by atoms with Crippen LogP contribution in [0.1, 0.15) is 5.56 Å². The third-order valence-electron chi connectivity index (χ3n) is 2.24. The molecule has 0 N–H and O–H groups in total. The van der Waals surface area contributed by atoms with Crippen LogP contribution in [0.3, 0.4) is 0 Å². The molecule has 0 saturated carbocycles. The highest BCUT2D eigenvalue weighted by Gasteiger charge is 2.30. The van der Waals surface area contributed by atoms with Crippen LogP contribution in [0.4, 0.5) is 17.6 Å². The van der Waals surface area contributed by atoms with Gasteiger partial charge in [0.1, 0.15) is 0 Å². The smallest absolute Gasteiger partial charge is 0.213 e. The monoisotopic (exact) mass is 310 g/mol. The number of hydrogen-bond donors (Lipinski definition) is 0. The fourth-order valence-electron chi connectivity index (χ4n) is 1.33. The summed E-state index contributed by atoms with van der Waals surface area (Å²) in [6, 6.07) is 4.04. The second-order valence-corrected chi connectivity index (χ2v) is 4.23. The summed E-state index contributed by atoms with van der Waals surface area (Å²) < 4.78 is 50.2. The number of halogens is 6. The molecule has 1 heterocycles. The van der Waals surface area contributed by atoms with Gasteiger partial charge in [-0.3, -0.25) is 0 Å². The minimum absolute atomic E-state index is 0.0508. The Hall–Kier alpha value is -1.40. The van der Waals surface area contributed by atoms with Crippen molar-refractivity contribution in [3.05, 3.63) is 46.0 Å². The largest absolute Gasteiger partial charge is 0.416 e. The van der Waals surface area contributed by atoms with E-state index in [4.69, 9.17) is 23.2 Å². The van der Waals surface area contributed by atoms with Crippen molar-refractivity contribution in [1.82, 2.24) is 9.97 Å². The molecule has 19 heavy (non-hydrogen) atoms. The molecule has 0 fully saturated rings. The van der Waals surface area contributed by atoms with E-state index in [0.29, 0.717) is 0 Å². The van der Waals surface area contributed by atoms with Gasteiger partial charge in [0.15, 0.2) is 21.9 Å². The number of alkyl halides is 3. The van der Waals surface area contributed by atoms with E-state index in [9.17, 15) is 17.6 Å². The Bertz CT molecular complexity index is 588. The Labute approximate surface area is 115 Å². The highest BCUT2D eigenvalue weighted by molar-refractivity contribution is 6.33. The predicted molar refractivity (Wildman–Crippen MR) is 62.4 cm³/mol. The summed E-state index contributed by atoms with van der Waals surface area (Å²) in [4.78, 5) is 7.22. The Morgan fingerprint density at radius 3 is 1.79 bits per heavy atom. The number of benzene rings is 1. The normalized spacial score (nSPS) is 11.7. The Morgan fingerprint density at radius 1 is 0.895 bits per heavy atom. The van der Waals surface area contributed by atoms with Gasteiger partial charge in [0, 0.05) is 5.56 Å². The molecule has 2 rings (SSSR count). The topological polar surface area (TPSA) is 25.8 Å². The van der Waals surface area contributed by atoms with Gasteiger partial charge in [-0.2, -0.15) is 13.2 Å². The van der Waals surface area contributed by atoms with E-state index < -0.39 is 27.9 Å². The molecule has 0 aliphatic rings. The van der Waals surface area contributed by atoms with Crippen LogP contribution in [-0.2, 0) is 6.18 Å². The van der Waals surface area contributed by atoms with E-state index in [1.165, 1.54) is 0 Å². The summed E-state index contributed by atoms with van der Waals surface area (Å²) in [5.74, 6) is -1.02. The van der Waals surface area contributed by atoms with E-state index in [0.717, 1.165) is 24.3 Å². The average Bonchev–Trinajstić information content (AvgIpc) is 2.34.